The first kappa shape index (κ1) is 7.93. The molecule has 1 saturated heterocycles. The fourth-order valence-electron chi connectivity index (χ4n) is 1.85. The van der Waals surface area contributed by atoms with Crippen LogP contribution in [0.5, 0.6) is 0 Å². The molecular weight excluding hydrogens is 156 g/mol. The highest BCUT2D eigenvalue weighted by Gasteiger charge is 2.41. The number of aliphatic hydroxyl groups is 1. The average Bonchev–Trinajstić information content (AvgIpc) is 2.70. The van der Waals surface area contributed by atoms with Gasteiger partial charge in [0.15, 0.2) is 0 Å². The smallest absolute Gasteiger partial charge is 0.0652 e. The average molecular weight is 172 g/mol. The Morgan fingerprint density at radius 2 is 2.27 bits per heavy atom. The molecule has 2 rings (SSSR count). The molecule has 0 aromatic rings. The van der Waals surface area contributed by atoms with Crippen molar-refractivity contribution >= 4 is 11.8 Å². The van der Waals surface area contributed by atoms with Crippen molar-refractivity contribution in [2.75, 3.05) is 11.5 Å². The SMILES string of the molecule is OC1(CC2CCCSC2)CC1. The molecule has 2 fully saturated rings. The van der Waals surface area contributed by atoms with E-state index in [-0.39, 0.29) is 5.60 Å². The lowest BCUT2D eigenvalue weighted by atomic mass is 9.97. The van der Waals surface area contributed by atoms with Crippen LogP contribution in [0, 0.1) is 5.92 Å². The van der Waals surface area contributed by atoms with E-state index in [1.54, 1.807) is 0 Å². The molecule has 1 aliphatic heterocycles. The highest BCUT2D eigenvalue weighted by Crippen LogP contribution is 2.43. The van der Waals surface area contributed by atoms with Gasteiger partial charge in [-0.25, -0.2) is 0 Å². The van der Waals surface area contributed by atoms with Crippen LogP contribution in [0.2, 0.25) is 0 Å². The molecule has 0 radical (unpaired) electrons. The summed E-state index contributed by atoms with van der Waals surface area (Å²) in [6, 6.07) is 0. The van der Waals surface area contributed by atoms with Gasteiger partial charge >= 0.3 is 0 Å². The van der Waals surface area contributed by atoms with Crippen LogP contribution < -0.4 is 0 Å². The highest BCUT2D eigenvalue weighted by molar-refractivity contribution is 7.99. The Bertz CT molecular complexity index is 136. The van der Waals surface area contributed by atoms with E-state index in [0.717, 1.165) is 25.2 Å². The third-order valence-electron chi connectivity index (χ3n) is 2.75. The number of thioether (sulfide) groups is 1. The second-order valence-corrected chi connectivity index (χ2v) is 5.16. The maximum absolute atomic E-state index is 9.67. The van der Waals surface area contributed by atoms with Gasteiger partial charge in [0, 0.05) is 0 Å². The fraction of sp³-hybridized carbons (Fsp3) is 1.00. The molecule has 1 saturated carbocycles. The van der Waals surface area contributed by atoms with Gasteiger partial charge in [-0.3, -0.25) is 0 Å². The lowest BCUT2D eigenvalue weighted by Crippen LogP contribution is -2.19. The molecule has 2 aliphatic rings. The molecule has 1 atom stereocenters. The molecule has 0 bridgehead atoms. The predicted molar refractivity (Wildman–Crippen MR) is 48.8 cm³/mol. The molecular formula is C9H16OS. The standard InChI is InChI=1S/C9H16OS/c10-9(3-4-9)6-8-2-1-5-11-7-8/h8,10H,1-7H2. The summed E-state index contributed by atoms with van der Waals surface area (Å²) in [6.07, 6.45) is 5.93. The van der Waals surface area contributed by atoms with Gasteiger partial charge in [0.05, 0.1) is 5.60 Å². The normalized spacial score (nSPS) is 35.2. The van der Waals surface area contributed by atoms with Gasteiger partial charge in [0.1, 0.15) is 0 Å². The van der Waals surface area contributed by atoms with Crippen LogP contribution in [-0.4, -0.2) is 22.2 Å². The van der Waals surface area contributed by atoms with E-state index < -0.39 is 0 Å². The van der Waals surface area contributed by atoms with E-state index in [2.05, 4.69) is 11.8 Å². The second-order valence-electron chi connectivity index (χ2n) is 4.01. The summed E-state index contributed by atoms with van der Waals surface area (Å²) in [5.74, 6) is 3.46. The lowest BCUT2D eigenvalue weighted by molar-refractivity contribution is 0.119. The Hall–Kier alpha value is 0.310. The third-order valence-corrected chi connectivity index (χ3v) is 4.03. The Labute approximate surface area is 72.6 Å². The summed E-state index contributed by atoms with van der Waals surface area (Å²) >= 11 is 2.06. The first-order valence-corrected chi connectivity index (χ1v) is 5.74. The van der Waals surface area contributed by atoms with Gasteiger partial charge < -0.3 is 5.11 Å². The molecule has 0 spiro atoms. The zero-order valence-electron chi connectivity index (χ0n) is 6.88. The number of hydrogen-bond acceptors (Lipinski definition) is 2. The number of rotatable bonds is 2. The molecule has 64 valence electrons. The summed E-state index contributed by atoms with van der Waals surface area (Å²) in [7, 11) is 0. The van der Waals surface area contributed by atoms with Crippen LogP contribution >= 0.6 is 11.8 Å². The van der Waals surface area contributed by atoms with E-state index >= 15 is 0 Å². The Morgan fingerprint density at radius 1 is 1.45 bits per heavy atom. The van der Waals surface area contributed by atoms with Gasteiger partial charge in [0.25, 0.3) is 0 Å². The van der Waals surface area contributed by atoms with Crippen LogP contribution in [0.15, 0.2) is 0 Å². The van der Waals surface area contributed by atoms with E-state index in [1.165, 1.54) is 24.3 Å². The first-order valence-electron chi connectivity index (χ1n) is 4.59. The van der Waals surface area contributed by atoms with Crippen molar-refractivity contribution in [2.45, 2.75) is 37.7 Å². The van der Waals surface area contributed by atoms with Gasteiger partial charge in [0.2, 0.25) is 0 Å². The third kappa shape index (κ3) is 2.12. The summed E-state index contributed by atoms with van der Waals surface area (Å²) in [5, 5.41) is 9.67. The molecule has 1 nitrogen and oxygen atoms in total. The van der Waals surface area contributed by atoms with E-state index in [4.69, 9.17) is 0 Å². The van der Waals surface area contributed by atoms with Crippen LogP contribution in [0.25, 0.3) is 0 Å². The zero-order chi connectivity index (χ0) is 7.73. The molecule has 1 aliphatic carbocycles. The van der Waals surface area contributed by atoms with Crippen molar-refractivity contribution in [3.8, 4) is 0 Å². The predicted octanol–water partition coefficient (Wildman–Crippen LogP) is 2.04. The molecule has 0 aromatic carbocycles. The van der Waals surface area contributed by atoms with Crippen molar-refractivity contribution in [1.29, 1.82) is 0 Å². The summed E-state index contributed by atoms with van der Waals surface area (Å²) in [5.41, 5.74) is -0.206. The van der Waals surface area contributed by atoms with Gasteiger partial charge in [-0.1, -0.05) is 0 Å². The molecule has 0 aromatic heterocycles. The van der Waals surface area contributed by atoms with E-state index in [1.807, 2.05) is 0 Å². The minimum absolute atomic E-state index is 0.206. The van der Waals surface area contributed by atoms with E-state index in [9.17, 15) is 5.11 Å². The number of hydrogen-bond donors (Lipinski definition) is 1. The monoisotopic (exact) mass is 172 g/mol. The van der Waals surface area contributed by atoms with Crippen molar-refractivity contribution in [3.05, 3.63) is 0 Å². The maximum Gasteiger partial charge on any atom is 0.0652 e. The summed E-state index contributed by atoms with van der Waals surface area (Å²) < 4.78 is 0. The van der Waals surface area contributed by atoms with Crippen LogP contribution in [0.3, 0.4) is 0 Å². The Morgan fingerprint density at radius 3 is 2.82 bits per heavy atom. The van der Waals surface area contributed by atoms with Crippen molar-refractivity contribution in [1.82, 2.24) is 0 Å². The second kappa shape index (κ2) is 2.98. The quantitative estimate of drug-likeness (QED) is 0.688. The zero-order valence-corrected chi connectivity index (χ0v) is 7.70. The van der Waals surface area contributed by atoms with Crippen molar-refractivity contribution in [2.24, 2.45) is 5.92 Å². The highest BCUT2D eigenvalue weighted by atomic mass is 32.2. The fourth-order valence-corrected chi connectivity index (χ4v) is 3.01. The van der Waals surface area contributed by atoms with Crippen LogP contribution in [-0.2, 0) is 0 Å². The molecule has 1 unspecified atom stereocenters. The summed E-state index contributed by atoms with van der Waals surface area (Å²) in [4.78, 5) is 0. The van der Waals surface area contributed by atoms with Gasteiger partial charge in [-0.05, 0) is 49.5 Å². The molecule has 2 heteroatoms. The van der Waals surface area contributed by atoms with Crippen molar-refractivity contribution in [3.63, 3.8) is 0 Å². The van der Waals surface area contributed by atoms with Crippen molar-refractivity contribution < 1.29 is 5.11 Å². The topological polar surface area (TPSA) is 20.2 Å². The van der Waals surface area contributed by atoms with E-state index in [0.29, 0.717) is 0 Å². The maximum atomic E-state index is 9.67. The Kier molecular flexibility index (Phi) is 2.15. The molecule has 0 amide bonds. The largest absolute Gasteiger partial charge is 0.390 e. The van der Waals surface area contributed by atoms with Gasteiger partial charge in [-0.15, -0.1) is 0 Å². The lowest BCUT2D eigenvalue weighted by Gasteiger charge is -2.23. The molecule has 1 N–H and O–H groups in total. The van der Waals surface area contributed by atoms with Crippen LogP contribution in [0.4, 0.5) is 0 Å². The molecule has 11 heavy (non-hydrogen) atoms. The minimum atomic E-state index is -0.206. The Balaban J connectivity index is 1.76. The first-order chi connectivity index (χ1) is 5.29. The minimum Gasteiger partial charge on any atom is -0.390 e. The van der Waals surface area contributed by atoms with Gasteiger partial charge in [-0.2, -0.15) is 11.8 Å². The molecule has 1 heterocycles. The summed E-state index contributed by atoms with van der Waals surface area (Å²) in [6.45, 7) is 0. The van der Waals surface area contributed by atoms with Crippen LogP contribution in [0.1, 0.15) is 32.1 Å².